The van der Waals surface area contributed by atoms with Gasteiger partial charge in [0.15, 0.2) is 15.3 Å². The number of halogens is 4. The van der Waals surface area contributed by atoms with Gasteiger partial charge in [0.1, 0.15) is 11.4 Å². The molecule has 0 N–H and O–H groups in total. The number of hydrogen-bond donors (Lipinski definition) is 0. The van der Waals surface area contributed by atoms with Crippen LogP contribution in [0.4, 0.5) is 15.2 Å². The van der Waals surface area contributed by atoms with Crippen molar-refractivity contribution < 1.29 is 18.4 Å². The Labute approximate surface area is 294 Å². The molecule has 6 aromatic rings. The minimum absolute atomic E-state index is 0.0407. The highest BCUT2D eigenvalue weighted by Crippen LogP contribution is 2.55. The number of fused-ring (bicyclic) bond motifs is 5. The third-order valence-electron chi connectivity index (χ3n) is 8.29. The summed E-state index contributed by atoms with van der Waals surface area (Å²) in [6.07, 6.45) is 0. The highest BCUT2D eigenvalue weighted by Gasteiger charge is 2.66. The molecule has 14 heteroatoms. The number of anilines is 2. The lowest BCUT2D eigenvalue weighted by Gasteiger charge is -2.32. The average Bonchev–Trinajstić information content (AvgIpc) is 3.71. The van der Waals surface area contributed by atoms with Crippen molar-refractivity contribution in [1.29, 1.82) is 0 Å². The molecule has 1 spiro atoms. The highest BCUT2D eigenvalue weighted by molar-refractivity contribution is 8.00. The molecule has 4 heterocycles. The predicted molar refractivity (Wildman–Crippen MR) is 185 cm³/mol. The second-order valence-electron chi connectivity index (χ2n) is 11.0. The van der Waals surface area contributed by atoms with Gasteiger partial charge in [-0.1, -0.05) is 94.3 Å². The molecule has 0 aliphatic carbocycles. The molecule has 8 nitrogen and oxygen atoms in total. The van der Waals surface area contributed by atoms with Crippen LogP contribution in [0.15, 0.2) is 98.5 Å². The number of rotatable bonds is 6. The number of carbonyl (C=O) groups is 2. The van der Waals surface area contributed by atoms with E-state index in [1.54, 1.807) is 54.6 Å². The molecule has 0 saturated heterocycles. The summed E-state index contributed by atoms with van der Waals surface area (Å²) in [6, 6.07) is 22.4. The molecule has 0 radical (unpaired) electrons. The molecule has 2 aliphatic rings. The van der Waals surface area contributed by atoms with E-state index in [-0.39, 0.29) is 39.0 Å². The Morgan fingerprint density at radius 1 is 0.896 bits per heavy atom. The average molecular weight is 736 g/mol. The van der Waals surface area contributed by atoms with Crippen molar-refractivity contribution in [2.75, 3.05) is 9.80 Å². The van der Waals surface area contributed by atoms with Crippen LogP contribution in [0.3, 0.4) is 0 Å². The monoisotopic (exact) mass is 734 g/mol. The number of thioether (sulfide) groups is 1. The zero-order valence-electron chi connectivity index (χ0n) is 24.2. The van der Waals surface area contributed by atoms with E-state index in [1.165, 1.54) is 45.8 Å². The van der Waals surface area contributed by atoms with Crippen LogP contribution in [0.2, 0.25) is 15.1 Å². The molecule has 1 atom stereocenters. The molecule has 2 amide bonds. The SMILES string of the molecule is O=C1c2oc3ccc(Cl)cc3c(=O)c2C2(C(=O)N(Cc3ccc(F)cc3)c3ccccc32)N1c1nnc(SCc2ccc(Cl)cc2Cl)s1. The second kappa shape index (κ2) is 11.7. The summed E-state index contributed by atoms with van der Waals surface area (Å²) in [7, 11) is 0. The van der Waals surface area contributed by atoms with Crippen LogP contribution in [0.25, 0.3) is 11.0 Å². The van der Waals surface area contributed by atoms with Gasteiger partial charge in [0.05, 0.1) is 23.2 Å². The summed E-state index contributed by atoms with van der Waals surface area (Å²) in [5.74, 6) is -1.57. The van der Waals surface area contributed by atoms with E-state index in [0.29, 0.717) is 37.0 Å². The fraction of sp³-hybridized carbons (Fsp3) is 0.0882. The lowest BCUT2D eigenvalue weighted by molar-refractivity contribution is -0.121. The Morgan fingerprint density at radius 3 is 2.44 bits per heavy atom. The first kappa shape index (κ1) is 31.0. The predicted octanol–water partition coefficient (Wildman–Crippen LogP) is 8.49. The van der Waals surface area contributed by atoms with Gasteiger partial charge in [-0.2, -0.15) is 0 Å². The van der Waals surface area contributed by atoms with Crippen molar-refractivity contribution >= 4 is 91.5 Å². The lowest BCUT2D eigenvalue weighted by Crippen LogP contribution is -2.53. The maximum Gasteiger partial charge on any atom is 0.297 e. The molecule has 8 rings (SSSR count). The first-order valence-electron chi connectivity index (χ1n) is 14.3. The molecular weight excluding hydrogens is 718 g/mol. The van der Waals surface area contributed by atoms with Crippen molar-refractivity contribution in [2.24, 2.45) is 0 Å². The number of amides is 2. The zero-order valence-corrected chi connectivity index (χ0v) is 28.1. The quantitative estimate of drug-likeness (QED) is 0.125. The van der Waals surface area contributed by atoms with Gasteiger partial charge in [-0.15, -0.1) is 10.2 Å². The summed E-state index contributed by atoms with van der Waals surface area (Å²) >= 11 is 21.1. The van der Waals surface area contributed by atoms with E-state index in [0.717, 1.165) is 16.9 Å². The summed E-state index contributed by atoms with van der Waals surface area (Å²) < 4.78 is 20.4. The largest absolute Gasteiger partial charge is 0.450 e. The smallest absolute Gasteiger partial charge is 0.297 e. The standard InChI is InChI=1S/C34H18Cl3FN4O4S2/c35-19-9-12-26-22(13-19)28(43)27-29(46-26)30(44)42(32-39-40-33(48-32)47-16-18-7-8-20(36)14-24(18)37)34(27)23-3-1-2-4-25(23)41(31(34)45)15-17-5-10-21(38)11-6-17/h1-14H,15-16H2. The van der Waals surface area contributed by atoms with Gasteiger partial charge in [0.25, 0.3) is 11.8 Å². The van der Waals surface area contributed by atoms with Crippen LogP contribution in [0.1, 0.15) is 32.8 Å². The third-order valence-corrected chi connectivity index (χ3v) is 11.2. The van der Waals surface area contributed by atoms with Gasteiger partial charge in [-0.05, 0) is 59.7 Å². The molecule has 4 aromatic carbocycles. The van der Waals surface area contributed by atoms with Gasteiger partial charge in [-0.25, -0.2) is 4.39 Å². The maximum absolute atomic E-state index is 15.1. The van der Waals surface area contributed by atoms with Gasteiger partial charge in [-0.3, -0.25) is 19.3 Å². The van der Waals surface area contributed by atoms with Crippen molar-refractivity contribution in [3.63, 3.8) is 0 Å². The number of para-hydroxylation sites is 1. The fourth-order valence-corrected chi connectivity index (χ4v) is 8.82. The number of carbonyl (C=O) groups excluding carboxylic acids is 2. The molecular formula is C34H18Cl3FN4O4S2. The summed E-state index contributed by atoms with van der Waals surface area (Å²) in [5.41, 5.74) is -0.243. The van der Waals surface area contributed by atoms with Gasteiger partial charge in [0, 0.05) is 26.4 Å². The van der Waals surface area contributed by atoms with E-state index < -0.39 is 28.6 Å². The van der Waals surface area contributed by atoms with Crippen LogP contribution in [-0.2, 0) is 22.6 Å². The molecule has 0 fully saturated rings. The second-order valence-corrected chi connectivity index (χ2v) is 14.5. The summed E-state index contributed by atoms with van der Waals surface area (Å²) in [5, 5.41) is 10.2. The first-order valence-corrected chi connectivity index (χ1v) is 17.3. The Bertz CT molecular complexity index is 2390. The van der Waals surface area contributed by atoms with E-state index in [1.807, 2.05) is 6.07 Å². The van der Waals surface area contributed by atoms with E-state index in [9.17, 15) is 14.0 Å². The Balaban J connectivity index is 1.31. The normalized spacial score (nSPS) is 16.8. The number of benzene rings is 4. The number of hydrogen-bond acceptors (Lipinski definition) is 8. The van der Waals surface area contributed by atoms with Gasteiger partial charge < -0.3 is 9.32 Å². The fourth-order valence-electron chi connectivity index (χ4n) is 6.19. The zero-order chi connectivity index (χ0) is 33.3. The Hall–Kier alpha value is -4.26. The van der Waals surface area contributed by atoms with E-state index in [2.05, 4.69) is 10.2 Å². The minimum atomic E-state index is -1.99. The van der Waals surface area contributed by atoms with Gasteiger partial charge in [0.2, 0.25) is 10.9 Å². The topological polar surface area (TPSA) is 96.6 Å². The van der Waals surface area contributed by atoms with Crippen molar-refractivity contribution in [3.8, 4) is 0 Å². The molecule has 48 heavy (non-hydrogen) atoms. The van der Waals surface area contributed by atoms with Crippen LogP contribution in [-0.4, -0.2) is 22.0 Å². The van der Waals surface area contributed by atoms with Crippen molar-refractivity contribution in [2.45, 2.75) is 22.2 Å². The number of aromatic nitrogens is 2. The van der Waals surface area contributed by atoms with Crippen LogP contribution in [0.5, 0.6) is 0 Å². The summed E-state index contributed by atoms with van der Waals surface area (Å²) in [6.45, 7) is 0.0407. The molecule has 238 valence electrons. The van der Waals surface area contributed by atoms with Crippen LogP contribution in [0, 0.1) is 5.82 Å². The third kappa shape index (κ3) is 4.75. The molecule has 0 bridgehead atoms. The Morgan fingerprint density at radius 2 is 1.65 bits per heavy atom. The maximum atomic E-state index is 15.1. The highest BCUT2D eigenvalue weighted by atomic mass is 35.5. The summed E-state index contributed by atoms with van der Waals surface area (Å²) in [4.78, 5) is 46.7. The van der Waals surface area contributed by atoms with E-state index >= 15 is 4.79 Å². The van der Waals surface area contributed by atoms with E-state index in [4.69, 9.17) is 39.2 Å². The molecule has 0 saturated carbocycles. The number of nitrogens with zero attached hydrogens (tertiary/aromatic N) is 4. The van der Waals surface area contributed by atoms with Crippen molar-refractivity contribution in [1.82, 2.24) is 10.2 Å². The molecule has 2 aliphatic heterocycles. The Kier molecular flexibility index (Phi) is 7.57. The van der Waals surface area contributed by atoms with Crippen LogP contribution >= 0.6 is 57.9 Å². The minimum Gasteiger partial charge on any atom is -0.450 e. The molecule has 2 aromatic heterocycles. The van der Waals surface area contributed by atoms with Crippen LogP contribution < -0.4 is 15.2 Å². The first-order chi connectivity index (χ1) is 23.2. The van der Waals surface area contributed by atoms with Crippen molar-refractivity contribution in [3.05, 3.63) is 144 Å². The lowest BCUT2D eigenvalue weighted by atomic mass is 9.84. The van der Waals surface area contributed by atoms with Gasteiger partial charge >= 0.3 is 0 Å². The molecule has 1 unspecified atom stereocenters.